The Labute approximate surface area is 254 Å². The molecule has 7 nitrogen and oxygen atoms in total. The Bertz CT molecular complexity index is 1780. The average molecular weight is 628 g/mol. The number of pyridine rings is 2. The van der Waals surface area contributed by atoms with Crippen LogP contribution in [0.2, 0.25) is 5.15 Å². The first-order chi connectivity index (χ1) is 21.0. The Morgan fingerprint density at radius 3 is 2.48 bits per heavy atom. The van der Waals surface area contributed by atoms with Crippen LogP contribution in [0.15, 0.2) is 54.6 Å². The second kappa shape index (κ2) is 10.6. The predicted octanol–water partition coefficient (Wildman–Crippen LogP) is 6.70. The highest BCUT2D eigenvalue weighted by Crippen LogP contribution is 2.51. The van der Waals surface area contributed by atoms with Gasteiger partial charge in [-0.25, -0.2) is 14.4 Å². The van der Waals surface area contributed by atoms with E-state index < -0.39 is 36.0 Å². The van der Waals surface area contributed by atoms with E-state index in [1.165, 1.54) is 30.3 Å². The first kappa shape index (κ1) is 28.8. The molecular formula is C32H26ClF4N3O4. The lowest BCUT2D eigenvalue weighted by atomic mass is 9.88. The first-order valence-electron chi connectivity index (χ1n) is 14.3. The maximum atomic E-state index is 14.0. The Morgan fingerprint density at radius 2 is 1.80 bits per heavy atom. The molecule has 1 aliphatic heterocycles. The van der Waals surface area contributed by atoms with Gasteiger partial charge in [0.05, 0.1) is 18.3 Å². The van der Waals surface area contributed by atoms with Gasteiger partial charge in [-0.2, -0.15) is 13.2 Å². The number of nitrogens with one attached hydrogen (secondary N) is 1. The fraction of sp³-hybridized carbons (Fsp3) is 0.344. The van der Waals surface area contributed by atoms with Gasteiger partial charge in [-0.3, -0.25) is 4.79 Å². The van der Waals surface area contributed by atoms with Crippen LogP contribution in [0.3, 0.4) is 0 Å². The van der Waals surface area contributed by atoms with Crippen molar-refractivity contribution in [2.45, 2.75) is 49.5 Å². The van der Waals surface area contributed by atoms with E-state index in [2.05, 4.69) is 15.3 Å². The third-order valence-corrected chi connectivity index (χ3v) is 8.51. The first-order valence-corrected chi connectivity index (χ1v) is 14.7. The zero-order chi connectivity index (χ0) is 30.8. The quantitative estimate of drug-likeness (QED) is 0.167. The molecule has 2 aromatic heterocycles. The van der Waals surface area contributed by atoms with Crippen LogP contribution in [0.5, 0.6) is 11.5 Å². The molecule has 2 fully saturated rings. The number of carbonyl (C=O) groups is 1. The number of nitrogens with zero attached hydrogens (tertiary/aromatic N) is 2. The number of carbonyl (C=O) groups excluding carboxylic acids is 1. The van der Waals surface area contributed by atoms with Crippen molar-refractivity contribution in [3.8, 4) is 22.8 Å². The fourth-order valence-corrected chi connectivity index (χ4v) is 5.75. The molecule has 0 saturated heterocycles. The van der Waals surface area contributed by atoms with Gasteiger partial charge in [0, 0.05) is 22.1 Å². The maximum absolute atomic E-state index is 14.0. The lowest BCUT2D eigenvalue weighted by Gasteiger charge is -2.29. The van der Waals surface area contributed by atoms with Crippen LogP contribution >= 0.6 is 11.6 Å². The third kappa shape index (κ3) is 5.43. The largest absolute Gasteiger partial charge is 0.490 e. The topological polar surface area (TPSA) is 93.6 Å². The van der Waals surface area contributed by atoms with Gasteiger partial charge in [-0.1, -0.05) is 11.6 Å². The molecule has 2 N–H and O–H groups in total. The Kier molecular flexibility index (Phi) is 6.93. The summed E-state index contributed by atoms with van der Waals surface area (Å²) in [4.78, 5) is 22.4. The standard InChI is InChI=1S/C32H26ClF4N3O4/c33-26-10-3-17-11-18(12-24(27(17)40-26)44-21-8-9-21)30(41)38-15-31(42,19-4-5-19)25-13-22-23(32(35,36)37)14-43-29(22)28(39-25)16-1-6-20(34)7-2-16/h1-3,6-7,10-13,19,21,23,42H,4-5,8-9,14-15H2,(H,38,41)/t23-,31-/m1/s1. The van der Waals surface area contributed by atoms with Crippen LogP contribution in [0.1, 0.15) is 53.2 Å². The Hall–Kier alpha value is -3.96. The van der Waals surface area contributed by atoms with Gasteiger partial charge in [0.15, 0.2) is 0 Å². The van der Waals surface area contributed by atoms with E-state index in [4.69, 9.17) is 21.1 Å². The normalized spacial score (nSPS) is 19.3. The molecule has 3 heterocycles. The Balaban J connectivity index is 1.24. The predicted molar refractivity (Wildman–Crippen MR) is 153 cm³/mol. The number of amides is 1. The number of hydrogen-bond acceptors (Lipinski definition) is 6. The van der Waals surface area contributed by atoms with Crippen LogP contribution in [0.25, 0.3) is 22.2 Å². The molecule has 2 saturated carbocycles. The van der Waals surface area contributed by atoms with Gasteiger partial charge in [0.25, 0.3) is 5.91 Å². The van der Waals surface area contributed by atoms with E-state index in [0.717, 1.165) is 12.8 Å². The summed E-state index contributed by atoms with van der Waals surface area (Å²) < 4.78 is 67.3. The van der Waals surface area contributed by atoms with Crippen molar-refractivity contribution in [2.75, 3.05) is 13.2 Å². The van der Waals surface area contributed by atoms with Crippen molar-refractivity contribution < 1.29 is 36.9 Å². The van der Waals surface area contributed by atoms with Crippen molar-refractivity contribution in [1.29, 1.82) is 0 Å². The molecule has 7 rings (SSSR count). The van der Waals surface area contributed by atoms with E-state index in [1.54, 1.807) is 24.3 Å². The summed E-state index contributed by atoms with van der Waals surface area (Å²) in [7, 11) is 0. The van der Waals surface area contributed by atoms with Gasteiger partial charge in [-0.05, 0) is 86.2 Å². The molecule has 44 heavy (non-hydrogen) atoms. The molecule has 2 aromatic carbocycles. The van der Waals surface area contributed by atoms with Crippen LogP contribution in [-0.4, -0.2) is 46.4 Å². The molecular weight excluding hydrogens is 602 g/mol. The van der Waals surface area contributed by atoms with E-state index in [1.807, 2.05) is 0 Å². The van der Waals surface area contributed by atoms with Crippen molar-refractivity contribution in [1.82, 2.24) is 15.3 Å². The highest BCUT2D eigenvalue weighted by Gasteiger charge is 2.51. The lowest BCUT2D eigenvalue weighted by Crippen LogP contribution is -2.43. The second-order valence-electron chi connectivity index (χ2n) is 11.6. The smallest absolute Gasteiger partial charge is 0.399 e. The number of fused-ring (bicyclic) bond motifs is 2. The zero-order valence-electron chi connectivity index (χ0n) is 23.1. The molecule has 3 aliphatic rings. The number of aliphatic hydroxyl groups is 1. The van der Waals surface area contributed by atoms with Crippen LogP contribution in [0.4, 0.5) is 17.6 Å². The molecule has 0 radical (unpaired) electrons. The summed E-state index contributed by atoms with van der Waals surface area (Å²) in [6.07, 6.45) is -1.61. The van der Waals surface area contributed by atoms with Gasteiger partial charge in [0.1, 0.15) is 51.8 Å². The molecule has 1 amide bonds. The SMILES string of the molecule is O=C(NC[C@](O)(c1cc2c(c(-c3ccc(F)cc3)n1)OC[C@H]2C(F)(F)F)C1CC1)c1cc(OC2CC2)c2nc(Cl)ccc2c1. The minimum absolute atomic E-state index is 0.0202. The number of rotatable bonds is 8. The monoisotopic (exact) mass is 627 g/mol. The number of ether oxygens (including phenoxy) is 2. The second-order valence-corrected chi connectivity index (χ2v) is 12.0. The number of halogens is 5. The summed E-state index contributed by atoms with van der Waals surface area (Å²) in [6.45, 7) is -0.942. The molecule has 12 heteroatoms. The molecule has 4 aromatic rings. The Morgan fingerprint density at radius 1 is 1.05 bits per heavy atom. The van der Waals surface area contributed by atoms with Crippen LogP contribution in [-0.2, 0) is 5.60 Å². The van der Waals surface area contributed by atoms with Crippen molar-refractivity contribution in [2.24, 2.45) is 5.92 Å². The third-order valence-electron chi connectivity index (χ3n) is 8.30. The van der Waals surface area contributed by atoms with Gasteiger partial charge < -0.3 is 19.9 Å². The highest BCUT2D eigenvalue weighted by molar-refractivity contribution is 6.29. The number of aromatic nitrogens is 2. The summed E-state index contributed by atoms with van der Waals surface area (Å²) in [5.41, 5.74) is -0.775. The van der Waals surface area contributed by atoms with Crippen LogP contribution < -0.4 is 14.8 Å². The summed E-state index contributed by atoms with van der Waals surface area (Å²) in [5.74, 6) is -2.96. The minimum atomic E-state index is -4.61. The molecule has 2 atom stereocenters. The summed E-state index contributed by atoms with van der Waals surface area (Å²) in [5, 5.41) is 15.7. The van der Waals surface area contributed by atoms with Gasteiger partial charge >= 0.3 is 6.18 Å². The van der Waals surface area contributed by atoms with E-state index in [0.29, 0.717) is 35.1 Å². The zero-order valence-corrected chi connectivity index (χ0v) is 23.9. The average Bonchev–Trinajstić information content (AvgIpc) is 3.93. The van der Waals surface area contributed by atoms with Crippen LogP contribution in [0, 0.1) is 11.7 Å². The molecule has 0 bridgehead atoms. The molecule has 228 valence electrons. The van der Waals surface area contributed by atoms with Crippen molar-refractivity contribution in [3.05, 3.63) is 82.4 Å². The highest BCUT2D eigenvalue weighted by atomic mass is 35.5. The van der Waals surface area contributed by atoms with E-state index in [-0.39, 0.29) is 52.0 Å². The molecule has 0 spiro atoms. The molecule has 2 aliphatic carbocycles. The minimum Gasteiger partial charge on any atom is -0.490 e. The van der Waals surface area contributed by atoms with Gasteiger partial charge in [-0.15, -0.1) is 0 Å². The van der Waals surface area contributed by atoms with E-state index in [9.17, 15) is 27.5 Å². The summed E-state index contributed by atoms with van der Waals surface area (Å²) in [6, 6.07) is 12.9. The maximum Gasteiger partial charge on any atom is 0.399 e. The fourth-order valence-electron chi connectivity index (χ4n) is 5.60. The summed E-state index contributed by atoms with van der Waals surface area (Å²) >= 11 is 6.10. The van der Waals surface area contributed by atoms with Gasteiger partial charge in [0.2, 0.25) is 0 Å². The lowest BCUT2D eigenvalue weighted by molar-refractivity contribution is -0.151. The van der Waals surface area contributed by atoms with E-state index >= 15 is 0 Å². The molecule has 0 unspecified atom stereocenters. The number of hydrogen-bond donors (Lipinski definition) is 2. The van der Waals surface area contributed by atoms with Crippen molar-refractivity contribution in [3.63, 3.8) is 0 Å². The number of alkyl halides is 3. The van der Waals surface area contributed by atoms with Crippen molar-refractivity contribution >= 4 is 28.4 Å². The number of benzene rings is 2.